The zero-order chi connectivity index (χ0) is 18.7. The maximum atomic E-state index is 12.1. The molecule has 1 rings (SSSR count). The van der Waals surface area contributed by atoms with Crippen molar-refractivity contribution in [2.75, 3.05) is 26.2 Å². The minimum absolute atomic E-state index is 0.0587. The normalized spacial score (nSPS) is 10.8. The first kappa shape index (κ1) is 21.0. The number of carbonyl (C=O) groups excluding carboxylic acids is 2. The van der Waals surface area contributed by atoms with Crippen LogP contribution in [0.15, 0.2) is 24.3 Å². The van der Waals surface area contributed by atoms with Gasteiger partial charge >= 0.3 is 6.03 Å². The first-order valence-electron chi connectivity index (χ1n) is 9.10. The van der Waals surface area contributed by atoms with Crippen LogP contribution in [0.1, 0.15) is 50.0 Å². The number of hydrogen-bond acceptors (Lipinski definition) is 3. The van der Waals surface area contributed by atoms with E-state index in [4.69, 9.17) is 0 Å². The van der Waals surface area contributed by atoms with Crippen LogP contribution in [0.2, 0.25) is 0 Å². The molecule has 0 saturated carbocycles. The highest BCUT2D eigenvalue weighted by molar-refractivity contribution is 5.94. The molecule has 3 N–H and O–H groups in total. The summed E-state index contributed by atoms with van der Waals surface area (Å²) in [5, 5.41) is 8.51. The predicted molar refractivity (Wildman–Crippen MR) is 102 cm³/mol. The number of amides is 3. The Morgan fingerprint density at radius 3 is 2.24 bits per heavy atom. The van der Waals surface area contributed by atoms with Crippen molar-refractivity contribution in [2.45, 2.75) is 46.7 Å². The molecule has 0 aliphatic heterocycles. The fourth-order valence-electron chi connectivity index (χ4n) is 2.42. The van der Waals surface area contributed by atoms with Crippen molar-refractivity contribution in [1.82, 2.24) is 20.9 Å². The van der Waals surface area contributed by atoms with E-state index in [1.165, 1.54) is 0 Å². The van der Waals surface area contributed by atoms with E-state index >= 15 is 0 Å². The van der Waals surface area contributed by atoms with E-state index < -0.39 is 0 Å². The molecule has 25 heavy (non-hydrogen) atoms. The third kappa shape index (κ3) is 8.54. The van der Waals surface area contributed by atoms with Gasteiger partial charge in [0.05, 0.1) is 0 Å². The first-order chi connectivity index (χ1) is 12.0. The molecule has 0 atom stereocenters. The molecule has 3 amide bonds. The summed E-state index contributed by atoms with van der Waals surface area (Å²) in [6, 6.07) is 7.22. The van der Waals surface area contributed by atoms with Gasteiger partial charge in [-0.1, -0.05) is 26.0 Å². The molecule has 0 radical (unpaired) electrons. The highest BCUT2D eigenvalue weighted by Gasteiger charge is 2.06. The molecule has 0 bridgehead atoms. The van der Waals surface area contributed by atoms with Gasteiger partial charge in [-0.3, -0.25) is 4.79 Å². The average molecular weight is 348 g/mol. The number of benzene rings is 1. The summed E-state index contributed by atoms with van der Waals surface area (Å²) >= 11 is 0. The number of urea groups is 1. The summed E-state index contributed by atoms with van der Waals surface area (Å²) in [5.41, 5.74) is 1.59. The van der Waals surface area contributed by atoms with Crippen molar-refractivity contribution in [3.05, 3.63) is 35.4 Å². The van der Waals surface area contributed by atoms with Gasteiger partial charge in [-0.05, 0) is 57.6 Å². The maximum Gasteiger partial charge on any atom is 0.315 e. The smallest absolute Gasteiger partial charge is 0.315 e. The lowest BCUT2D eigenvalue weighted by atomic mass is 10.1. The maximum absolute atomic E-state index is 12.1. The number of nitrogens with one attached hydrogen (secondary N) is 3. The standard InChI is InChI=1S/C19H32N4O2/c1-5-23(6-2)13-7-12-20-18(24)17-10-8-16(9-11-17)14-21-19(25)22-15(3)4/h8-11,15H,5-7,12-14H2,1-4H3,(H,20,24)(H2,21,22,25). The Bertz CT molecular complexity index is 525. The molecule has 1 aromatic rings. The molecule has 6 nitrogen and oxygen atoms in total. The molecule has 6 heteroatoms. The van der Waals surface area contributed by atoms with Crippen molar-refractivity contribution in [2.24, 2.45) is 0 Å². The minimum Gasteiger partial charge on any atom is -0.352 e. The van der Waals surface area contributed by atoms with Gasteiger partial charge in [0, 0.05) is 24.7 Å². The molecule has 0 fully saturated rings. The molecular weight excluding hydrogens is 316 g/mol. The molecule has 140 valence electrons. The Hall–Kier alpha value is -2.08. The average Bonchev–Trinajstić information content (AvgIpc) is 2.60. The lowest BCUT2D eigenvalue weighted by Gasteiger charge is -2.17. The highest BCUT2D eigenvalue weighted by atomic mass is 16.2. The summed E-state index contributed by atoms with van der Waals surface area (Å²) in [7, 11) is 0. The fourth-order valence-corrected chi connectivity index (χ4v) is 2.42. The van der Waals surface area contributed by atoms with Gasteiger partial charge in [-0.25, -0.2) is 4.79 Å². The van der Waals surface area contributed by atoms with Crippen LogP contribution < -0.4 is 16.0 Å². The van der Waals surface area contributed by atoms with Crippen LogP contribution in [-0.2, 0) is 6.54 Å². The Kier molecular flexibility index (Phi) is 9.62. The Labute approximate surface area is 151 Å². The third-order valence-electron chi connectivity index (χ3n) is 3.92. The zero-order valence-corrected chi connectivity index (χ0v) is 15.9. The van der Waals surface area contributed by atoms with Crippen molar-refractivity contribution >= 4 is 11.9 Å². The van der Waals surface area contributed by atoms with E-state index in [0.717, 1.165) is 31.6 Å². The van der Waals surface area contributed by atoms with Gasteiger partial charge in [0.1, 0.15) is 0 Å². The summed E-state index contributed by atoms with van der Waals surface area (Å²) in [5.74, 6) is -0.0587. The van der Waals surface area contributed by atoms with E-state index in [0.29, 0.717) is 18.7 Å². The molecule has 0 saturated heterocycles. The monoisotopic (exact) mass is 348 g/mol. The van der Waals surface area contributed by atoms with Gasteiger partial charge in [0.2, 0.25) is 0 Å². The number of carbonyl (C=O) groups is 2. The van der Waals surface area contributed by atoms with Crippen molar-refractivity contribution in [3.63, 3.8) is 0 Å². The Balaban J connectivity index is 2.35. The van der Waals surface area contributed by atoms with Crippen LogP contribution in [-0.4, -0.2) is 49.1 Å². The topological polar surface area (TPSA) is 73.5 Å². The van der Waals surface area contributed by atoms with Gasteiger partial charge in [0.15, 0.2) is 0 Å². The van der Waals surface area contributed by atoms with E-state index in [1.807, 2.05) is 26.0 Å². The van der Waals surface area contributed by atoms with E-state index in [2.05, 4.69) is 34.7 Å². The lowest BCUT2D eigenvalue weighted by Crippen LogP contribution is -2.39. The molecule has 0 heterocycles. The van der Waals surface area contributed by atoms with Crippen molar-refractivity contribution < 1.29 is 9.59 Å². The molecular formula is C19H32N4O2. The van der Waals surface area contributed by atoms with Crippen LogP contribution >= 0.6 is 0 Å². The van der Waals surface area contributed by atoms with Crippen LogP contribution in [0.5, 0.6) is 0 Å². The SMILES string of the molecule is CCN(CC)CCCNC(=O)c1ccc(CNC(=O)NC(C)C)cc1. The summed E-state index contributed by atoms with van der Waals surface area (Å²) < 4.78 is 0. The van der Waals surface area contributed by atoms with Crippen molar-refractivity contribution in [3.8, 4) is 0 Å². The molecule has 0 aliphatic rings. The second-order valence-electron chi connectivity index (χ2n) is 6.31. The second-order valence-corrected chi connectivity index (χ2v) is 6.31. The molecule has 0 aliphatic carbocycles. The van der Waals surface area contributed by atoms with Crippen LogP contribution in [0.25, 0.3) is 0 Å². The second kappa shape index (κ2) is 11.5. The van der Waals surface area contributed by atoms with Crippen molar-refractivity contribution in [1.29, 1.82) is 0 Å². The largest absolute Gasteiger partial charge is 0.352 e. The van der Waals surface area contributed by atoms with Gasteiger partial charge < -0.3 is 20.9 Å². The quantitative estimate of drug-likeness (QED) is 0.568. The number of nitrogens with zero attached hydrogens (tertiary/aromatic N) is 1. The Morgan fingerprint density at radius 1 is 1.04 bits per heavy atom. The van der Waals surface area contributed by atoms with Gasteiger partial charge in [0.25, 0.3) is 5.91 Å². The highest BCUT2D eigenvalue weighted by Crippen LogP contribution is 2.04. The van der Waals surface area contributed by atoms with Gasteiger partial charge in [-0.2, -0.15) is 0 Å². The molecule has 0 spiro atoms. The van der Waals surface area contributed by atoms with E-state index in [9.17, 15) is 9.59 Å². The van der Waals surface area contributed by atoms with E-state index in [-0.39, 0.29) is 18.0 Å². The van der Waals surface area contributed by atoms with Crippen LogP contribution in [0.4, 0.5) is 4.79 Å². The first-order valence-corrected chi connectivity index (χ1v) is 9.10. The van der Waals surface area contributed by atoms with Gasteiger partial charge in [-0.15, -0.1) is 0 Å². The number of rotatable bonds is 10. The Morgan fingerprint density at radius 2 is 1.68 bits per heavy atom. The summed E-state index contributed by atoms with van der Waals surface area (Å²) in [6.45, 7) is 12.3. The van der Waals surface area contributed by atoms with Crippen LogP contribution in [0, 0.1) is 0 Å². The van der Waals surface area contributed by atoms with E-state index in [1.54, 1.807) is 12.1 Å². The predicted octanol–water partition coefficient (Wildman–Crippen LogP) is 2.36. The minimum atomic E-state index is -0.190. The lowest BCUT2D eigenvalue weighted by molar-refractivity contribution is 0.0951. The molecule has 0 unspecified atom stereocenters. The summed E-state index contributed by atoms with van der Waals surface area (Å²) in [6.07, 6.45) is 0.945. The molecule has 1 aromatic carbocycles. The fraction of sp³-hybridized carbons (Fsp3) is 0.579. The number of hydrogen-bond donors (Lipinski definition) is 3. The zero-order valence-electron chi connectivity index (χ0n) is 15.9. The third-order valence-corrected chi connectivity index (χ3v) is 3.92. The van der Waals surface area contributed by atoms with Crippen LogP contribution in [0.3, 0.4) is 0 Å². The summed E-state index contributed by atoms with van der Waals surface area (Å²) in [4.78, 5) is 26.0. The molecule has 0 aromatic heterocycles.